The van der Waals surface area contributed by atoms with Crippen molar-refractivity contribution in [3.05, 3.63) is 53.0 Å². The Hall–Kier alpha value is -1.28. The number of rotatable bonds is 1. The first-order valence-corrected chi connectivity index (χ1v) is 5.09. The van der Waals surface area contributed by atoms with E-state index in [1.54, 1.807) is 0 Å². The Morgan fingerprint density at radius 2 is 2.00 bits per heavy atom. The maximum Gasteiger partial charge on any atom is 0.0332 e. The minimum Gasteiger partial charge on any atom is -0.399 e. The van der Waals surface area contributed by atoms with Gasteiger partial charge in [0.05, 0.1) is 0 Å². The summed E-state index contributed by atoms with van der Waals surface area (Å²) in [4.78, 5) is 0. The number of benzene rings is 2. The molecule has 2 rings (SSSR count). The van der Waals surface area contributed by atoms with E-state index < -0.39 is 0 Å². The molecule has 0 aromatic heterocycles. The van der Waals surface area contributed by atoms with Crippen molar-refractivity contribution in [2.24, 2.45) is 0 Å². The van der Waals surface area contributed by atoms with Crippen LogP contribution in [0.5, 0.6) is 0 Å². The van der Waals surface area contributed by atoms with Crippen molar-refractivity contribution in [2.75, 3.05) is 5.73 Å². The predicted octanol–water partition coefficient (Wildman–Crippen LogP) is 3.50. The van der Waals surface area contributed by atoms with Crippen LogP contribution in [-0.4, -0.2) is 0 Å². The molecule has 0 fully saturated rings. The first kappa shape index (κ1) is 9.28. The molecule has 0 atom stereocenters. The smallest absolute Gasteiger partial charge is 0.0332 e. The molecule has 1 radical (unpaired) electrons. The Labute approximate surface area is 91.7 Å². The number of halogens is 1. The van der Waals surface area contributed by atoms with Gasteiger partial charge in [0.1, 0.15) is 0 Å². The van der Waals surface area contributed by atoms with Gasteiger partial charge in [-0.3, -0.25) is 0 Å². The van der Waals surface area contributed by atoms with Crippen molar-refractivity contribution in [2.45, 2.75) is 0 Å². The fourth-order valence-electron chi connectivity index (χ4n) is 1.35. The van der Waals surface area contributed by atoms with E-state index in [1.165, 1.54) is 0 Å². The zero-order valence-electron chi connectivity index (χ0n) is 7.50. The maximum atomic E-state index is 5.72. The Morgan fingerprint density at radius 1 is 1.14 bits per heavy atom. The van der Waals surface area contributed by atoms with E-state index >= 15 is 0 Å². The van der Waals surface area contributed by atoms with Crippen molar-refractivity contribution in [1.29, 1.82) is 0 Å². The van der Waals surface area contributed by atoms with Crippen LogP contribution in [0.15, 0.2) is 46.9 Å². The fraction of sp³-hybridized carbons (Fsp3) is 0. The van der Waals surface area contributed by atoms with Crippen LogP contribution in [0.3, 0.4) is 0 Å². The molecule has 14 heavy (non-hydrogen) atoms. The molecular formula is C12H9BrN. The average Bonchev–Trinajstić information content (AvgIpc) is 2.18. The number of hydrogen-bond donors (Lipinski definition) is 1. The molecule has 0 bridgehead atoms. The molecule has 0 aliphatic carbocycles. The predicted molar refractivity (Wildman–Crippen MR) is 62.8 cm³/mol. The van der Waals surface area contributed by atoms with Crippen LogP contribution in [0.4, 0.5) is 5.69 Å². The van der Waals surface area contributed by atoms with Crippen LogP contribution in [-0.2, 0) is 0 Å². The van der Waals surface area contributed by atoms with Crippen LogP contribution in [0.2, 0.25) is 0 Å². The number of hydrogen-bond acceptors (Lipinski definition) is 1. The molecule has 0 aliphatic heterocycles. The lowest BCUT2D eigenvalue weighted by Gasteiger charge is -2.04. The van der Waals surface area contributed by atoms with Gasteiger partial charge < -0.3 is 5.73 Å². The SMILES string of the molecule is Nc1cccc(-c2ccc[c]c2Br)c1. The molecular weight excluding hydrogens is 238 g/mol. The van der Waals surface area contributed by atoms with Gasteiger partial charge in [-0.05, 0) is 45.3 Å². The highest BCUT2D eigenvalue weighted by Crippen LogP contribution is 2.28. The van der Waals surface area contributed by atoms with Crippen molar-refractivity contribution >= 4 is 21.6 Å². The van der Waals surface area contributed by atoms with Gasteiger partial charge in [-0.2, -0.15) is 0 Å². The summed E-state index contributed by atoms with van der Waals surface area (Å²) in [5.41, 5.74) is 8.71. The van der Waals surface area contributed by atoms with Crippen LogP contribution >= 0.6 is 15.9 Å². The topological polar surface area (TPSA) is 26.0 Å². The standard InChI is InChI=1S/C12H9BrN/c13-12-7-2-1-6-11(12)9-4-3-5-10(14)8-9/h1-6,8H,14H2. The van der Waals surface area contributed by atoms with E-state index in [1.807, 2.05) is 42.5 Å². The van der Waals surface area contributed by atoms with Crippen molar-refractivity contribution in [1.82, 2.24) is 0 Å². The monoisotopic (exact) mass is 246 g/mol. The van der Waals surface area contributed by atoms with Crippen molar-refractivity contribution in [3.63, 3.8) is 0 Å². The zero-order chi connectivity index (χ0) is 9.97. The first-order valence-electron chi connectivity index (χ1n) is 4.29. The molecule has 0 amide bonds. The van der Waals surface area contributed by atoms with E-state index in [9.17, 15) is 0 Å². The Kier molecular flexibility index (Phi) is 2.55. The third-order valence-corrected chi connectivity index (χ3v) is 2.66. The van der Waals surface area contributed by atoms with Gasteiger partial charge in [0.2, 0.25) is 0 Å². The Bertz CT molecular complexity index is 452. The molecule has 0 aliphatic rings. The largest absolute Gasteiger partial charge is 0.399 e. The normalized spacial score (nSPS) is 10.1. The number of nitrogen functional groups attached to an aromatic ring is 1. The van der Waals surface area contributed by atoms with E-state index in [-0.39, 0.29) is 0 Å². The van der Waals surface area contributed by atoms with Gasteiger partial charge in [0, 0.05) is 10.2 Å². The van der Waals surface area contributed by atoms with Crippen molar-refractivity contribution in [3.8, 4) is 11.1 Å². The van der Waals surface area contributed by atoms with Gasteiger partial charge in [-0.25, -0.2) is 0 Å². The molecule has 0 spiro atoms. The summed E-state index contributed by atoms with van der Waals surface area (Å²) in [6, 6.07) is 16.8. The van der Waals surface area contributed by atoms with Crippen LogP contribution < -0.4 is 5.73 Å². The van der Waals surface area contributed by atoms with Crippen LogP contribution in [0, 0.1) is 6.07 Å². The number of nitrogens with two attached hydrogens (primary N) is 1. The Morgan fingerprint density at radius 3 is 2.71 bits per heavy atom. The van der Waals surface area contributed by atoms with E-state index in [2.05, 4.69) is 22.0 Å². The summed E-state index contributed by atoms with van der Waals surface area (Å²) in [5, 5.41) is 0. The summed E-state index contributed by atoms with van der Waals surface area (Å²) >= 11 is 3.46. The van der Waals surface area contributed by atoms with Gasteiger partial charge in [0.15, 0.2) is 0 Å². The van der Waals surface area contributed by atoms with E-state index in [4.69, 9.17) is 5.73 Å². The zero-order valence-corrected chi connectivity index (χ0v) is 9.08. The molecule has 0 heterocycles. The molecule has 2 N–H and O–H groups in total. The third-order valence-electron chi connectivity index (χ3n) is 2.00. The molecule has 69 valence electrons. The molecule has 1 nitrogen and oxygen atoms in total. The fourth-order valence-corrected chi connectivity index (χ4v) is 1.84. The van der Waals surface area contributed by atoms with Crippen LogP contribution in [0.25, 0.3) is 11.1 Å². The van der Waals surface area contributed by atoms with Crippen LogP contribution in [0.1, 0.15) is 0 Å². The molecule has 2 heteroatoms. The van der Waals surface area contributed by atoms with E-state index in [0.29, 0.717) is 0 Å². The summed E-state index contributed by atoms with van der Waals surface area (Å²) in [5.74, 6) is 0. The quantitative estimate of drug-likeness (QED) is 0.767. The lowest BCUT2D eigenvalue weighted by atomic mass is 10.1. The lowest BCUT2D eigenvalue weighted by molar-refractivity contribution is 1.57. The van der Waals surface area contributed by atoms with Gasteiger partial charge >= 0.3 is 0 Å². The second-order valence-corrected chi connectivity index (χ2v) is 3.82. The average molecular weight is 247 g/mol. The van der Waals surface area contributed by atoms with Gasteiger partial charge in [-0.1, -0.05) is 30.3 Å². The molecule has 0 saturated carbocycles. The highest BCUT2D eigenvalue weighted by molar-refractivity contribution is 9.10. The molecule has 2 aromatic rings. The number of anilines is 1. The molecule has 0 saturated heterocycles. The van der Waals surface area contributed by atoms with Gasteiger partial charge in [0.25, 0.3) is 0 Å². The van der Waals surface area contributed by atoms with E-state index in [0.717, 1.165) is 21.3 Å². The summed E-state index contributed by atoms with van der Waals surface area (Å²) in [6.07, 6.45) is 0. The summed E-state index contributed by atoms with van der Waals surface area (Å²) in [6.45, 7) is 0. The molecule has 0 unspecified atom stereocenters. The Balaban J connectivity index is 2.55. The minimum absolute atomic E-state index is 0.776. The summed E-state index contributed by atoms with van der Waals surface area (Å²) in [7, 11) is 0. The highest BCUT2D eigenvalue weighted by Gasteiger charge is 2.01. The molecule has 2 aromatic carbocycles. The van der Waals surface area contributed by atoms with Gasteiger partial charge in [-0.15, -0.1) is 0 Å². The maximum absolute atomic E-state index is 5.72. The first-order chi connectivity index (χ1) is 6.77. The highest BCUT2D eigenvalue weighted by atomic mass is 79.9. The second kappa shape index (κ2) is 3.84. The minimum atomic E-state index is 0.776. The second-order valence-electron chi connectivity index (χ2n) is 3.02. The third kappa shape index (κ3) is 1.80. The lowest BCUT2D eigenvalue weighted by Crippen LogP contribution is -1.85. The van der Waals surface area contributed by atoms with Crippen molar-refractivity contribution < 1.29 is 0 Å². The summed E-state index contributed by atoms with van der Waals surface area (Å²) < 4.78 is 0.964.